The summed E-state index contributed by atoms with van der Waals surface area (Å²) in [5, 5.41) is 9.23. The van der Waals surface area contributed by atoms with Crippen molar-refractivity contribution in [2.45, 2.75) is 26.7 Å². The maximum absolute atomic E-state index is 12.2. The summed E-state index contributed by atoms with van der Waals surface area (Å²) >= 11 is 1.39. The topological polar surface area (TPSA) is 86.5 Å². The lowest BCUT2D eigenvalue weighted by Gasteiger charge is -2.02. The minimum absolute atomic E-state index is 0.0865. The predicted octanol–water partition coefficient (Wildman–Crippen LogP) is 3.71. The van der Waals surface area contributed by atoms with E-state index < -0.39 is 0 Å². The molecule has 1 aromatic carbocycles. The van der Waals surface area contributed by atoms with Gasteiger partial charge in [-0.15, -0.1) is 11.3 Å². The summed E-state index contributed by atoms with van der Waals surface area (Å²) in [6.45, 7) is 3.97. The molecule has 0 saturated carbocycles. The molecule has 1 N–H and O–H groups in total. The van der Waals surface area contributed by atoms with Gasteiger partial charge in [-0.3, -0.25) is 4.79 Å². The Bertz CT molecular complexity index is 944. The van der Waals surface area contributed by atoms with Crippen LogP contribution >= 0.6 is 11.3 Å². The first-order valence-electron chi connectivity index (χ1n) is 8.17. The van der Waals surface area contributed by atoms with E-state index in [4.69, 9.17) is 14.0 Å². The van der Waals surface area contributed by atoms with Crippen LogP contribution in [0.3, 0.4) is 0 Å². The molecule has 134 valence electrons. The third-order valence-electron chi connectivity index (χ3n) is 4.20. The Hall–Kier alpha value is -2.87. The maximum Gasteiger partial charge on any atom is 0.231 e. The van der Waals surface area contributed by atoms with Crippen molar-refractivity contribution >= 4 is 22.4 Å². The zero-order valence-corrected chi connectivity index (χ0v) is 15.2. The van der Waals surface area contributed by atoms with Gasteiger partial charge in [0.2, 0.25) is 12.7 Å². The van der Waals surface area contributed by atoms with E-state index >= 15 is 0 Å². The number of aryl methyl sites for hydroxylation is 2. The quantitative estimate of drug-likeness (QED) is 0.736. The highest BCUT2D eigenvalue weighted by Gasteiger charge is 2.16. The Morgan fingerprint density at radius 2 is 2.12 bits per heavy atom. The Morgan fingerprint density at radius 1 is 1.27 bits per heavy atom. The third kappa shape index (κ3) is 3.28. The number of hydrogen-bond acceptors (Lipinski definition) is 7. The zero-order valence-electron chi connectivity index (χ0n) is 14.4. The largest absolute Gasteiger partial charge is 0.454 e. The highest BCUT2D eigenvalue weighted by atomic mass is 32.1. The van der Waals surface area contributed by atoms with Gasteiger partial charge in [0.25, 0.3) is 0 Å². The molecule has 0 unspecified atom stereocenters. The molecule has 0 spiro atoms. The van der Waals surface area contributed by atoms with E-state index in [1.165, 1.54) is 11.3 Å². The molecule has 0 radical (unpaired) electrons. The minimum Gasteiger partial charge on any atom is -0.454 e. The monoisotopic (exact) mass is 371 g/mol. The normalized spacial score (nSPS) is 12.4. The predicted molar refractivity (Wildman–Crippen MR) is 96.6 cm³/mol. The first-order valence-corrected chi connectivity index (χ1v) is 9.05. The molecule has 0 fully saturated rings. The standard InChI is InChI=1S/C18H17N3O4S/c1-10-13(11(2)25-21-10)4-6-17(22)20-18-19-14(8-26-18)12-3-5-15-16(7-12)24-9-23-15/h3,5,7-8H,4,6,9H2,1-2H3,(H,19,20,22). The number of nitrogens with one attached hydrogen (secondary N) is 1. The highest BCUT2D eigenvalue weighted by molar-refractivity contribution is 7.14. The molecular weight excluding hydrogens is 354 g/mol. The van der Waals surface area contributed by atoms with E-state index in [9.17, 15) is 4.79 Å². The van der Waals surface area contributed by atoms with Crippen LogP contribution < -0.4 is 14.8 Å². The lowest BCUT2D eigenvalue weighted by Crippen LogP contribution is -2.12. The molecule has 7 nitrogen and oxygen atoms in total. The van der Waals surface area contributed by atoms with Gasteiger partial charge in [0.05, 0.1) is 11.4 Å². The van der Waals surface area contributed by atoms with Gasteiger partial charge in [-0.25, -0.2) is 4.98 Å². The van der Waals surface area contributed by atoms with Gasteiger partial charge in [0.1, 0.15) is 5.76 Å². The summed E-state index contributed by atoms with van der Waals surface area (Å²) < 4.78 is 15.8. The van der Waals surface area contributed by atoms with Gasteiger partial charge < -0.3 is 19.3 Å². The zero-order chi connectivity index (χ0) is 18.1. The second-order valence-electron chi connectivity index (χ2n) is 5.96. The van der Waals surface area contributed by atoms with Gasteiger partial charge in [-0.05, 0) is 38.5 Å². The molecule has 0 aliphatic carbocycles. The van der Waals surface area contributed by atoms with Crippen molar-refractivity contribution in [2.75, 3.05) is 12.1 Å². The summed E-state index contributed by atoms with van der Waals surface area (Å²) in [4.78, 5) is 16.7. The minimum atomic E-state index is -0.0865. The SMILES string of the molecule is Cc1noc(C)c1CCC(=O)Nc1nc(-c2ccc3c(c2)OCO3)cs1. The van der Waals surface area contributed by atoms with Crippen LogP contribution in [-0.4, -0.2) is 22.8 Å². The van der Waals surface area contributed by atoms with E-state index in [1.807, 2.05) is 37.4 Å². The van der Waals surface area contributed by atoms with E-state index in [0.29, 0.717) is 23.7 Å². The number of benzene rings is 1. The molecule has 3 aromatic rings. The van der Waals surface area contributed by atoms with E-state index in [2.05, 4.69) is 15.5 Å². The van der Waals surface area contributed by atoms with Crippen molar-refractivity contribution in [3.63, 3.8) is 0 Å². The van der Waals surface area contributed by atoms with Crippen molar-refractivity contribution in [1.29, 1.82) is 0 Å². The number of thiazole rings is 1. The fourth-order valence-corrected chi connectivity index (χ4v) is 3.53. The summed E-state index contributed by atoms with van der Waals surface area (Å²) in [6.07, 6.45) is 0.940. The molecule has 2 aromatic heterocycles. The molecular formula is C18H17N3O4S. The number of amides is 1. The van der Waals surface area contributed by atoms with Crippen molar-refractivity contribution < 1.29 is 18.8 Å². The van der Waals surface area contributed by atoms with E-state index in [1.54, 1.807) is 0 Å². The van der Waals surface area contributed by atoms with E-state index in [0.717, 1.165) is 34.0 Å². The molecule has 0 atom stereocenters. The van der Waals surface area contributed by atoms with Crippen molar-refractivity contribution in [3.8, 4) is 22.8 Å². The lowest BCUT2D eigenvalue weighted by atomic mass is 10.1. The summed E-state index contributed by atoms with van der Waals surface area (Å²) in [7, 11) is 0. The molecule has 1 aliphatic rings. The maximum atomic E-state index is 12.2. The molecule has 1 amide bonds. The van der Waals surface area contributed by atoms with Crippen LogP contribution in [0.5, 0.6) is 11.5 Å². The molecule has 0 bridgehead atoms. The summed E-state index contributed by atoms with van der Waals surface area (Å²) in [5.41, 5.74) is 3.52. The Kier molecular flexibility index (Phi) is 4.34. The number of nitrogens with zero attached hydrogens (tertiary/aromatic N) is 2. The molecule has 1 aliphatic heterocycles. The van der Waals surface area contributed by atoms with Gasteiger partial charge in [0, 0.05) is 22.9 Å². The first-order chi connectivity index (χ1) is 12.6. The third-order valence-corrected chi connectivity index (χ3v) is 4.96. The average molecular weight is 371 g/mol. The molecule has 4 rings (SSSR count). The van der Waals surface area contributed by atoms with Gasteiger partial charge >= 0.3 is 0 Å². The Labute approximate surface area is 153 Å². The van der Waals surface area contributed by atoms with Crippen molar-refractivity contribution in [3.05, 3.63) is 40.6 Å². The molecule has 26 heavy (non-hydrogen) atoms. The highest BCUT2D eigenvalue weighted by Crippen LogP contribution is 2.36. The van der Waals surface area contributed by atoms with Crippen molar-refractivity contribution in [2.24, 2.45) is 0 Å². The second kappa shape index (κ2) is 6.80. The van der Waals surface area contributed by atoms with Crippen LogP contribution in [0, 0.1) is 13.8 Å². The van der Waals surface area contributed by atoms with Crippen LogP contribution in [0.1, 0.15) is 23.4 Å². The number of carbonyl (C=O) groups is 1. The van der Waals surface area contributed by atoms with Crippen LogP contribution in [0.2, 0.25) is 0 Å². The number of rotatable bonds is 5. The number of aromatic nitrogens is 2. The number of carbonyl (C=O) groups excluding carboxylic acids is 1. The van der Waals surface area contributed by atoms with Gasteiger partial charge in [-0.1, -0.05) is 5.16 Å². The van der Waals surface area contributed by atoms with Gasteiger partial charge in [-0.2, -0.15) is 0 Å². The van der Waals surface area contributed by atoms with Crippen LogP contribution in [0.15, 0.2) is 28.1 Å². The second-order valence-corrected chi connectivity index (χ2v) is 6.81. The summed E-state index contributed by atoms with van der Waals surface area (Å²) in [6, 6.07) is 5.67. The Balaban J connectivity index is 1.39. The number of anilines is 1. The molecule has 0 saturated heterocycles. The van der Waals surface area contributed by atoms with Crippen LogP contribution in [0.25, 0.3) is 11.3 Å². The van der Waals surface area contributed by atoms with Crippen LogP contribution in [-0.2, 0) is 11.2 Å². The number of fused-ring (bicyclic) bond motifs is 1. The van der Waals surface area contributed by atoms with Crippen molar-refractivity contribution in [1.82, 2.24) is 10.1 Å². The fourth-order valence-electron chi connectivity index (χ4n) is 2.80. The number of hydrogen-bond donors (Lipinski definition) is 1. The number of ether oxygens (including phenoxy) is 2. The van der Waals surface area contributed by atoms with E-state index in [-0.39, 0.29) is 12.7 Å². The lowest BCUT2D eigenvalue weighted by molar-refractivity contribution is -0.116. The first kappa shape index (κ1) is 16.6. The smallest absolute Gasteiger partial charge is 0.231 e. The average Bonchev–Trinajstić information content (AvgIpc) is 3.34. The molecule has 3 heterocycles. The molecule has 8 heteroatoms. The summed E-state index contributed by atoms with van der Waals surface area (Å²) in [5.74, 6) is 2.11. The van der Waals surface area contributed by atoms with Gasteiger partial charge in [0.15, 0.2) is 16.6 Å². The fraction of sp³-hybridized carbons (Fsp3) is 0.278. The Morgan fingerprint density at radius 3 is 2.92 bits per heavy atom. The van der Waals surface area contributed by atoms with Crippen LogP contribution in [0.4, 0.5) is 5.13 Å².